The Bertz CT molecular complexity index is 612. The van der Waals surface area contributed by atoms with E-state index in [0.717, 1.165) is 5.56 Å². The molecule has 2 aromatic carbocycles. The second-order valence-corrected chi connectivity index (χ2v) is 4.24. The van der Waals surface area contributed by atoms with Gasteiger partial charge in [-0.15, -0.1) is 6.42 Å². The monoisotopic (exact) mass is 270 g/mol. The van der Waals surface area contributed by atoms with Crippen molar-refractivity contribution in [1.82, 2.24) is 0 Å². The molecule has 0 fully saturated rings. The number of carbonyl (C=O) groups is 1. The number of benzene rings is 2. The summed E-state index contributed by atoms with van der Waals surface area (Å²) in [5, 5.41) is 6.02. The maximum Gasteiger partial charge on any atom is 0.323 e. The van der Waals surface area contributed by atoms with E-state index in [-0.39, 0.29) is 6.03 Å². The van der Waals surface area contributed by atoms with Crippen molar-refractivity contribution in [2.45, 2.75) is 0 Å². The largest absolute Gasteiger partial charge is 0.323 e. The first-order valence-electron chi connectivity index (χ1n) is 5.57. The Balaban J connectivity index is 1.97. The number of hydrogen-bond acceptors (Lipinski definition) is 1. The highest BCUT2D eigenvalue weighted by Gasteiger charge is 2.02. The van der Waals surface area contributed by atoms with E-state index < -0.39 is 0 Å². The van der Waals surface area contributed by atoms with Gasteiger partial charge in [0.05, 0.1) is 0 Å². The van der Waals surface area contributed by atoms with Crippen molar-refractivity contribution in [2.75, 3.05) is 10.6 Å². The van der Waals surface area contributed by atoms with E-state index in [1.54, 1.807) is 48.5 Å². The fraction of sp³-hybridized carbons (Fsp3) is 0. The molecule has 2 aromatic rings. The third kappa shape index (κ3) is 3.77. The fourth-order valence-electron chi connectivity index (χ4n) is 1.48. The summed E-state index contributed by atoms with van der Waals surface area (Å²) in [5.41, 5.74) is 2.11. The average Bonchev–Trinajstić information content (AvgIpc) is 2.42. The average molecular weight is 271 g/mol. The van der Waals surface area contributed by atoms with Crippen molar-refractivity contribution in [3.8, 4) is 12.3 Å². The lowest BCUT2D eigenvalue weighted by Gasteiger charge is -2.07. The number of nitrogens with one attached hydrogen (secondary N) is 2. The van der Waals surface area contributed by atoms with Crippen LogP contribution < -0.4 is 10.6 Å². The lowest BCUT2D eigenvalue weighted by molar-refractivity contribution is 0.262. The minimum atomic E-state index is -0.323. The smallest absolute Gasteiger partial charge is 0.308 e. The van der Waals surface area contributed by atoms with Crippen LogP contribution in [-0.2, 0) is 0 Å². The molecule has 0 heterocycles. The van der Waals surface area contributed by atoms with Crippen molar-refractivity contribution < 1.29 is 4.79 Å². The van der Waals surface area contributed by atoms with E-state index in [2.05, 4.69) is 16.6 Å². The molecule has 2 N–H and O–H groups in total. The van der Waals surface area contributed by atoms with Crippen molar-refractivity contribution in [3.63, 3.8) is 0 Å². The van der Waals surface area contributed by atoms with Crippen molar-refractivity contribution in [3.05, 3.63) is 59.1 Å². The Kier molecular flexibility index (Phi) is 4.07. The highest BCUT2D eigenvalue weighted by molar-refractivity contribution is 6.30. The van der Waals surface area contributed by atoms with Crippen LogP contribution in [0.1, 0.15) is 5.56 Å². The molecule has 0 saturated heterocycles. The normalized spacial score (nSPS) is 9.47. The van der Waals surface area contributed by atoms with Crippen molar-refractivity contribution in [2.24, 2.45) is 0 Å². The molecule has 0 aromatic heterocycles. The van der Waals surface area contributed by atoms with Gasteiger partial charge in [0.1, 0.15) is 0 Å². The van der Waals surface area contributed by atoms with Crippen molar-refractivity contribution in [1.29, 1.82) is 0 Å². The molecule has 0 radical (unpaired) electrons. The quantitative estimate of drug-likeness (QED) is 0.797. The first kappa shape index (κ1) is 13.0. The first-order valence-corrected chi connectivity index (χ1v) is 5.95. The zero-order chi connectivity index (χ0) is 13.7. The summed E-state index contributed by atoms with van der Waals surface area (Å²) >= 11 is 5.76. The Morgan fingerprint density at radius 2 is 1.42 bits per heavy atom. The summed E-state index contributed by atoms with van der Waals surface area (Å²) in [5.74, 6) is 2.51. The molecule has 2 amide bonds. The zero-order valence-electron chi connectivity index (χ0n) is 9.98. The maximum absolute atomic E-state index is 11.7. The lowest BCUT2D eigenvalue weighted by Crippen LogP contribution is -2.19. The number of amides is 2. The van der Waals surface area contributed by atoms with Gasteiger partial charge in [0.2, 0.25) is 0 Å². The van der Waals surface area contributed by atoms with Gasteiger partial charge in [-0.25, -0.2) is 4.79 Å². The Morgan fingerprint density at radius 3 is 1.89 bits per heavy atom. The van der Waals surface area contributed by atoms with Crippen LogP contribution in [0.4, 0.5) is 16.2 Å². The molecule has 0 bridgehead atoms. The molecule has 0 aliphatic heterocycles. The van der Waals surface area contributed by atoms with E-state index in [0.29, 0.717) is 16.4 Å². The summed E-state index contributed by atoms with van der Waals surface area (Å²) in [6.45, 7) is 0. The molecule has 4 heteroatoms. The molecule has 0 atom stereocenters. The summed E-state index contributed by atoms with van der Waals surface area (Å²) in [6.07, 6.45) is 5.26. The topological polar surface area (TPSA) is 41.1 Å². The number of carbonyl (C=O) groups excluding carboxylic acids is 1. The summed E-state index contributed by atoms with van der Waals surface area (Å²) < 4.78 is 0. The van der Waals surface area contributed by atoms with E-state index in [4.69, 9.17) is 18.0 Å². The van der Waals surface area contributed by atoms with Crippen LogP contribution in [0.25, 0.3) is 0 Å². The summed E-state index contributed by atoms with van der Waals surface area (Å²) in [6, 6.07) is 13.6. The molecule has 0 spiro atoms. The Morgan fingerprint density at radius 1 is 0.947 bits per heavy atom. The van der Waals surface area contributed by atoms with Gasteiger partial charge in [0.25, 0.3) is 0 Å². The standard InChI is InChI=1S/C15H11ClN2O/c1-2-11-3-7-13(8-4-11)17-15(19)18-14-9-5-12(16)6-10-14/h1,3-10H,(H2,17,18,19). The van der Waals surface area contributed by atoms with Gasteiger partial charge in [-0.3, -0.25) is 0 Å². The predicted octanol–water partition coefficient (Wildman–Crippen LogP) is 3.97. The molecular weight excluding hydrogens is 260 g/mol. The Labute approximate surface area is 116 Å². The molecule has 94 valence electrons. The number of rotatable bonds is 2. The molecule has 19 heavy (non-hydrogen) atoms. The first-order chi connectivity index (χ1) is 9.17. The molecule has 0 saturated carbocycles. The van der Waals surface area contributed by atoms with Crippen LogP contribution in [0.5, 0.6) is 0 Å². The number of urea groups is 1. The van der Waals surface area contributed by atoms with Crippen LogP contribution in [0, 0.1) is 12.3 Å². The second-order valence-electron chi connectivity index (χ2n) is 3.81. The second kappa shape index (κ2) is 5.94. The van der Waals surface area contributed by atoms with Gasteiger partial charge in [0, 0.05) is 22.0 Å². The van der Waals surface area contributed by atoms with Crippen LogP contribution >= 0.6 is 11.6 Å². The van der Waals surface area contributed by atoms with Gasteiger partial charge in [0.15, 0.2) is 0 Å². The highest BCUT2D eigenvalue weighted by atomic mass is 35.5. The van der Waals surface area contributed by atoms with Gasteiger partial charge in [-0.05, 0) is 48.5 Å². The number of terminal acetylenes is 1. The summed E-state index contributed by atoms with van der Waals surface area (Å²) in [7, 11) is 0. The third-order valence-electron chi connectivity index (χ3n) is 2.41. The summed E-state index contributed by atoms with van der Waals surface area (Å²) in [4.78, 5) is 11.7. The third-order valence-corrected chi connectivity index (χ3v) is 2.66. The van der Waals surface area contributed by atoms with Gasteiger partial charge in [-0.1, -0.05) is 17.5 Å². The number of halogens is 1. The maximum atomic E-state index is 11.7. The predicted molar refractivity (Wildman–Crippen MR) is 78.5 cm³/mol. The van der Waals surface area contributed by atoms with Crippen LogP contribution in [0.2, 0.25) is 5.02 Å². The molecule has 3 nitrogen and oxygen atoms in total. The van der Waals surface area contributed by atoms with Gasteiger partial charge in [-0.2, -0.15) is 0 Å². The molecular formula is C15H11ClN2O. The molecule has 0 aliphatic carbocycles. The lowest BCUT2D eigenvalue weighted by atomic mass is 10.2. The minimum absolute atomic E-state index is 0.323. The van der Waals surface area contributed by atoms with E-state index in [1.807, 2.05) is 0 Å². The van der Waals surface area contributed by atoms with Crippen LogP contribution in [-0.4, -0.2) is 6.03 Å². The SMILES string of the molecule is C#Cc1ccc(NC(=O)Nc2ccc(Cl)cc2)cc1. The van der Waals surface area contributed by atoms with Crippen molar-refractivity contribution >= 4 is 29.0 Å². The van der Waals surface area contributed by atoms with Gasteiger partial charge < -0.3 is 10.6 Å². The molecule has 2 rings (SSSR count). The van der Waals surface area contributed by atoms with Gasteiger partial charge >= 0.3 is 6.03 Å². The minimum Gasteiger partial charge on any atom is -0.308 e. The van der Waals surface area contributed by atoms with Crippen LogP contribution in [0.3, 0.4) is 0 Å². The zero-order valence-corrected chi connectivity index (χ0v) is 10.7. The fourth-order valence-corrected chi connectivity index (χ4v) is 1.60. The van der Waals surface area contributed by atoms with E-state index in [1.165, 1.54) is 0 Å². The number of anilines is 2. The molecule has 0 aliphatic rings. The van der Waals surface area contributed by atoms with Crippen LogP contribution in [0.15, 0.2) is 48.5 Å². The highest BCUT2D eigenvalue weighted by Crippen LogP contribution is 2.14. The molecule has 0 unspecified atom stereocenters. The van der Waals surface area contributed by atoms with E-state index >= 15 is 0 Å². The number of hydrogen-bond donors (Lipinski definition) is 2. The Hall–Kier alpha value is -2.44. The van der Waals surface area contributed by atoms with E-state index in [9.17, 15) is 4.79 Å².